The minimum atomic E-state index is -3.19. The van der Waals surface area contributed by atoms with Crippen molar-refractivity contribution in [3.8, 4) is 0 Å². The van der Waals surface area contributed by atoms with Crippen LogP contribution < -0.4 is 4.72 Å². The van der Waals surface area contributed by atoms with Gasteiger partial charge in [-0.1, -0.05) is 25.5 Å². The lowest BCUT2D eigenvalue weighted by Gasteiger charge is -2.10. The first kappa shape index (κ1) is 13.4. The van der Waals surface area contributed by atoms with Crippen LogP contribution in [-0.4, -0.2) is 20.4 Å². The molecule has 90 valence electrons. The summed E-state index contributed by atoms with van der Waals surface area (Å²) >= 11 is 1.53. The summed E-state index contributed by atoms with van der Waals surface area (Å²) in [6.45, 7) is 1.98. The number of benzene rings is 1. The van der Waals surface area contributed by atoms with E-state index in [1.54, 1.807) is 6.07 Å². The second-order valence-corrected chi connectivity index (χ2v) is 6.16. The highest BCUT2D eigenvalue weighted by atomic mass is 32.2. The fraction of sp³-hybridized carbons (Fsp3) is 0.455. The Bertz CT molecular complexity index is 429. The first-order valence-electron chi connectivity index (χ1n) is 5.22. The number of para-hydroxylation sites is 1. The fourth-order valence-corrected chi connectivity index (χ4v) is 3.18. The van der Waals surface area contributed by atoms with Crippen LogP contribution in [0.25, 0.3) is 0 Å². The molecule has 16 heavy (non-hydrogen) atoms. The molecule has 5 heteroatoms. The van der Waals surface area contributed by atoms with Gasteiger partial charge in [0.05, 0.1) is 11.4 Å². The minimum Gasteiger partial charge on any atom is -0.282 e. The van der Waals surface area contributed by atoms with E-state index in [2.05, 4.69) is 4.72 Å². The van der Waals surface area contributed by atoms with E-state index in [9.17, 15) is 8.42 Å². The predicted molar refractivity (Wildman–Crippen MR) is 70.5 cm³/mol. The number of hydrogen-bond donors (Lipinski definition) is 1. The maximum atomic E-state index is 11.7. The van der Waals surface area contributed by atoms with Gasteiger partial charge in [0.1, 0.15) is 0 Å². The number of hydrogen-bond acceptors (Lipinski definition) is 3. The smallest absolute Gasteiger partial charge is 0.232 e. The Morgan fingerprint density at radius 3 is 2.62 bits per heavy atom. The number of anilines is 1. The van der Waals surface area contributed by atoms with Crippen molar-refractivity contribution < 1.29 is 8.42 Å². The highest BCUT2D eigenvalue weighted by molar-refractivity contribution is 7.99. The quantitative estimate of drug-likeness (QED) is 0.799. The molecule has 3 nitrogen and oxygen atoms in total. The van der Waals surface area contributed by atoms with Crippen molar-refractivity contribution in [1.29, 1.82) is 0 Å². The molecular formula is C11H17NO2S2. The van der Waals surface area contributed by atoms with Gasteiger partial charge in [-0.05, 0) is 24.8 Å². The van der Waals surface area contributed by atoms with Gasteiger partial charge in [-0.15, -0.1) is 11.8 Å². The monoisotopic (exact) mass is 259 g/mol. The summed E-state index contributed by atoms with van der Waals surface area (Å²) in [6, 6.07) is 7.42. The lowest BCUT2D eigenvalue weighted by Crippen LogP contribution is -2.16. The molecule has 0 radical (unpaired) electrons. The van der Waals surface area contributed by atoms with Crippen LogP contribution in [0, 0.1) is 0 Å². The summed E-state index contributed by atoms with van der Waals surface area (Å²) in [5.74, 6) is 0.187. The lowest BCUT2D eigenvalue weighted by atomic mass is 10.3. The Labute approximate surface area is 102 Å². The van der Waals surface area contributed by atoms with Gasteiger partial charge in [-0.3, -0.25) is 4.72 Å². The Morgan fingerprint density at radius 1 is 1.31 bits per heavy atom. The van der Waals surface area contributed by atoms with Gasteiger partial charge in [0.25, 0.3) is 0 Å². The van der Waals surface area contributed by atoms with E-state index in [0.717, 1.165) is 11.3 Å². The molecule has 0 atom stereocenters. The van der Waals surface area contributed by atoms with E-state index in [1.807, 2.05) is 31.4 Å². The van der Waals surface area contributed by atoms with Crippen LogP contribution in [-0.2, 0) is 10.0 Å². The summed E-state index contributed by atoms with van der Waals surface area (Å²) in [7, 11) is -3.19. The van der Waals surface area contributed by atoms with Crippen LogP contribution in [0.3, 0.4) is 0 Å². The first-order chi connectivity index (χ1) is 7.59. The van der Waals surface area contributed by atoms with Gasteiger partial charge in [0.15, 0.2) is 0 Å². The second-order valence-electron chi connectivity index (χ2n) is 3.47. The third-order valence-electron chi connectivity index (χ3n) is 2.14. The Balaban J connectivity index is 2.79. The summed E-state index contributed by atoms with van der Waals surface area (Å²) in [4.78, 5) is 0.947. The minimum absolute atomic E-state index is 0.187. The third-order valence-corrected chi connectivity index (χ3v) is 4.29. The Hall–Kier alpha value is -0.680. The SMILES string of the molecule is CCCCS(=O)(=O)Nc1ccccc1SC. The zero-order chi connectivity index (χ0) is 12.0. The normalized spacial score (nSPS) is 11.4. The average molecular weight is 259 g/mol. The van der Waals surface area contributed by atoms with Crippen molar-refractivity contribution in [2.24, 2.45) is 0 Å². The summed E-state index contributed by atoms with van der Waals surface area (Å²) in [6.07, 6.45) is 3.50. The topological polar surface area (TPSA) is 46.2 Å². The van der Waals surface area contributed by atoms with Crippen molar-refractivity contribution in [1.82, 2.24) is 0 Å². The van der Waals surface area contributed by atoms with E-state index >= 15 is 0 Å². The molecule has 0 spiro atoms. The molecule has 0 aliphatic carbocycles. The number of sulfonamides is 1. The van der Waals surface area contributed by atoms with Crippen LogP contribution in [0.1, 0.15) is 19.8 Å². The second kappa shape index (κ2) is 6.15. The molecule has 0 aliphatic rings. The lowest BCUT2D eigenvalue weighted by molar-refractivity contribution is 0.598. The summed E-state index contributed by atoms with van der Waals surface area (Å²) < 4.78 is 26.0. The molecule has 0 aromatic heterocycles. The van der Waals surface area contributed by atoms with E-state index in [4.69, 9.17) is 0 Å². The Kier molecular flexibility index (Phi) is 5.15. The summed E-state index contributed by atoms with van der Waals surface area (Å²) in [5, 5.41) is 0. The van der Waals surface area contributed by atoms with Gasteiger partial charge >= 0.3 is 0 Å². The van der Waals surface area contributed by atoms with Crippen LogP contribution in [0.4, 0.5) is 5.69 Å². The molecule has 1 N–H and O–H groups in total. The maximum Gasteiger partial charge on any atom is 0.232 e. The molecule has 0 unspecified atom stereocenters. The summed E-state index contributed by atoms with van der Waals surface area (Å²) in [5.41, 5.74) is 0.672. The fourth-order valence-electron chi connectivity index (χ4n) is 1.28. The highest BCUT2D eigenvalue weighted by Crippen LogP contribution is 2.25. The number of unbranched alkanes of at least 4 members (excludes halogenated alkanes) is 1. The van der Waals surface area contributed by atoms with Crippen molar-refractivity contribution >= 4 is 27.5 Å². The van der Waals surface area contributed by atoms with Gasteiger partial charge in [-0.25, -0.2) is 8.42 Å². The van der Waals surface area contributed by atoms with E-state index in [-0.39, 0.29) is 5.75 Å². The zero-order valence-corrected chi connectivity index (χ0v) is 11.2. The van der Waals surface area contributed by atoms with Gasteiger partial charge < -0.3 is 0 Å². The third kappa shape index (κ3) is 4.06. The molecule has 0 amide bonds. The molecule has 0 heterocycles. The molecule has 1 aromatic rings. The van der Waals surface area contributed by atoms with Gasteiger partial charge in [0.2, 0.25) is 10.0 Å². The zero-order valence-electron chi connectivity index (χ0n) is 9.56. The van der Waals surface area contributed by atoms with Crippen molar-refractivity contribution in [3.63, 3.8) is 0 Å². The van der Waals surface area contributed by atoms with Gasteiger partial charge in [0, 0.05) is 4.90 Å². The van der Waals surface area contributed by atoms with E-state index in [0.29, 0.717) is 12.1 Å². The predicted octanol–water partition coefficient (Wildman–Crippen LogP) is 2.95. The first-order valence-corrected chi connectivity index (χ1v) is 8.10. The van der Waals surface area contributed by atoms with Crippen LogP contribution in [0.2, 0.25) is 0 Å². The largest absolute Gasteiger partial charge is 0.282 e. The average Bonchev–Trinajstić information content (AvgIpc) is 2.27. The van der Waals surface area contributed by atoms with Crippen LogP contribution in [0.5, 0.6) is 0 Å². The molecule has 0 fully saturated rings. The van der Waals surface area contributed by atoms with Crippen molar-refractivity contribution in [2.45, 2.75) is 24.7 Å². The highest BCUT2D eigenvalue weighted by Gasteiger charge is 2.11. The van der Waals surface area contributed by atoms with E-state index < -0.39 is 10.0 Å². The maximum absolute atomic E-state index is 11.7. The standard InChI is InChI=1S/C11H17NO2S2/c1-3-4-9-16(13,14)12-10-7-5-6-8-11(10)15-2/h5-8,12H,3-4,9H2,1-2H3. The number of thioether (sulfide) groups is 1. The molecule has 0 saturated carbocycles. The van der Waals surface area contributed by atoms with Crippen molar-refractivity contribution in [3.05, 3.63) is 24.3 Å². The van der Waals surface area contributed by atoms with Crippen LogP contribution >= 0.6 is 11.8 Å². The van der Waals surface area contributed by atoms with Crippen molar-refractivity contribution in [2.75, 3.05) is 16.7 Å². The molecule has 0 aliphatic heterocycles. The van der Waals surface area contributed by atoms with E-state index in [1.165, 1.54) is 11.8 Å². The van der Waals surface area contributed by atoms with Crippen LogP contribution in [0.15, 0.2) is 29.2 Å². The Morgan fingerprint density at radius 2 is 2.00 bits per heavy atom. The molecule has 0 bridgehead atoms. The molecule has 0 saturated heterocycles. The van der Waals surface area contributed by atoms with Gasteiger partial charge in [-0.2, -0.15) is 0 Å². The number of rotatable bonds is 6. The molecule has 1 rings (SSSR count). The number of nitrogens with one attached hydrogen (secondary N) is 1. The molecule has 1 aromatic carbocycles. The molecular weight excluding hydrogens is 242 g/mol.